The zero-order valence-electron chi connectivity index (χ0n) is 9.09. The van der Waals surface area contributed by atoms with Crippen molar-refractivity contribution < 1.29 is 9.53 Å². The third-order valence-corrected chi connectivity index (χ3v) is 1.82. The number of ether oxygens (including phenoxy) is 1. The molecular formula is C10H21NO2. The third kappa shape index (κ3) is 4.88. The third-order valence-electron chi connectivity index (χ3n) is 1.82. The summed E-state index contributed by atoms with van der Waals surface area (Å²) >= 11 is 0. The Kier molecular flexibility index (Phi) is 6.59. The van der Waals surface area contributed by atoms with E-state index in [0.717, 1.165) is 13.0 Å². The summed E-state index contributed by atoms with van der Waals surface area (Å²) < 4.78 is 4.96. The summed E-state index contributed by atoms with van der Waals surface area (Å²) in [6.07, 6.45) is 1.03. The summed E-state index contributed by atoms with van der Waals surface area (Å²) in [6, 6.07) is -0.153. The lowest BCUT2D eigenvalue weighted by Gasteiger charge is -2.19. The van der Waals surface area contributed by atoms with Crippen LogP contribution >= 0.6 is 0 Å². The van der Waals surface area contributed by atoms with Gasteiger partial charge in [0.15, 0.2) is 0 Å². The van der Waals surface area contributed by atoms with Gasteiger partial charge in [0.1, 0.15) is 6.04 Å². The Morgan fingerprint density at radius 1 is 1.38 bits per heavy atom. The average Bonchev–Trinajstić information content (AvgIpc) is 2.05. The van der Waals surface area contributed by atoms with Gasteiger partial charge in [0, 0.05) is 0 Å². The Labute approximate surface area is 80.8 Å². The molecule has 0 rings (SSSR count). The molecule has 0 spiro atoms. The number of carbonyl (C=O) groups is 1. The molecular weight excluding hydrogens is 166 g/mol. The molecule has 0 fully saturated rings. The highest BCUT2D eigenvalue weighted by Crippen LogP contribution is 2.03. The first-order valence-corrected chi connectivity index (χ1v) is 5.03. The molecule has 78 valence electrons. The zero-order chi connectivity index (χ0) is 10.3. The number of hydrogen-bond acceptors (Lipinski definition) is 3. The molecule has 0 aromatic rings. The summed E-state index contributed by atoms with van der Waals surface area (Å²) in [6.45, 7) is 9.26. The highest BCUT2D eigenvalue weighted by atomic mass is 16.5. The first kappa shape index (κ1) is 12.4. The molecule has 1 atom stereocenters. The van der Waals surface area contributed by atoms with E-state index >= 15 is 0 Å². The smallest absolute Gasteiger partial charge is 0.323 e. The van der Waals surface area contributed by atoms with Gasteiger partial charge in [-0.2, -0.15) is 0 Å². The fourth-order valence-electron chi connectivity index (χ4n) is 1.12. The van der Waals surface area contributed by atoms with E-state index in [1.165, 1.54) is 0 Å². The van der Waals surface area contributed by atoms with Gasteiger partial charge in [0.25, 0.3) is 0 Å². The van der Waals surface area contributed by atoms with Gasteiger partial charge in [-0.05, 0) is 25.8 Å². The highest BCUT2D eigenvalue weighted by Gasteiger charge is 2.21. The van der Waals surface area contributed by atoms with Gasteiger partial charge in [0.05, 0.1) is 6.61 Å². The van der Waals surface area contributed by atoms with E-state index in [1.807, 2.05) is 20.8 Å². The summed E-state index contributed by atoms with van der Waals surface area (Å²) in [7, 11) is 0. The van der Waals surface area contributed by atoms with E-state index in [0.29, 0.717) is 6.61 Å². The van der Waals surface area contributed by atoms with Crippen molar-refractivity contribution in [2.75, 3.05) is 13.2 Å². The monoisotopic (exact) mass is 187 g/mol. The highest BCUT2D eigenvalue weighted by molar-refractivity contribution is 5.76. The van der Waals surface area contributed by atoms with E-state index < -0.39 is 0 Å². The van der Waals surface area contributed by atoms with Gasteiger partial charge in [-0.15, -0.1) is 0 Å². The fourth-order valence-corrected chi connectivity index (χ4v) is 1.12. The number of nitrogens with one attached hydrogen (secondary N) is 1. The summed E-state index contributed by atoms with van der Waals surface area (Å²) in [4.78, 5) is 11.4. The van der Waals surface area contributed by atoms with Crippen molar-refractivity contribution in [3.05, 3.63) is 0 Å². The van der Waals surface area contributed by atoms with E-state index in [9.17, 15) is 4.79 Å². The Morgan fingerprint density at radius 3 is 2.38 bits per heavy atom. The minimum Gasteiger partial charge on any atom is -0.465 e. The average molecular weight is 187 g/mol. The fraction of sp³-hybridized carbons (Fsp3) is 0.900. The van der Waals surface area contributed by atoms with Crippen molar-refractivity contribution in [1.29, 1.82) is 0 Å². The van der Waals surface area contributed by atoms with Crippen LogP contribution in [-0.4, -0.2) is 25.2 Å². The summed E-state index contributed by atoms with van der Waals surface area (Å²) in [5.41, 5.74) is 0. The van der Waals surface area contributed by atoms with Gasteiger partial charge in [-0.3, -0.25) is 4.79 Å². The maximum atomic E-state index is 11.4. The summed E-state index contributed by atoms with van der Waals surface area (Å²) in [5, 5.41) is 3.18. The Bertz CT molecular complexity index is 146. The van der Waals surface area contributed by atoms with Crippen LogP contribution in [0.2, 0.25) is 0 Å². The van der Waals surface area contributed by atoms with Crippen molar-refractivity contribution in [1.82, 2.24) is 5.32 Å². The Balaban J connectivity index is 3.99. The molecule has 0 aliphatic carbocycles. The topological polar surface area (TPSA) is 38.3 Å². The van der Waals surface area contributed by atoms with Gasteiger partial charge in [-0.25, -0.2) is 0 Å². The second-order valence-electron chi connectivity index (χ2n) is 3.43. The minimum absolute atomic E-state index is 0.133. The predicted octanol–water partition coefficient (Wildman–Crippen LogP) is 1.57. The quantitative estimate of drug-likeness (QED) is 0.641. The molecule has 3 heteroatoms. The van der Waals surface area contributed by atoms with Crippen molar-refractivity contribution in [3.63, 3.8) is 0 Å². The molecule has 0 heterocycles. The Hall–Kier alpha value is -0.570. The van der Waals surface area contributed by atoms with Crippen LogP contribution in [0.3, 0.4) is 0 Å². The lowest BCUT2D eigenvalue weighted by Crippen LogP contribution is -2.42. The van der Waals surface area contributed by atoms with E-state index in [4.69, 9.17) is 4.74 Å². The van der Waals surface area contributed by atoms with Crippen LogP contribution in [0, 0.1) is 5.92 Å². The maximum Gasteiger partial charge on any atom is 0.323 e. The van der Waals surface area contributed by atoms with Gasteiger partial charge >= 0.3 is 5.97 Å². The summed E-state index contributed by atoms with van der Waals surface area (Å²) in [5.74, 6) is 0.150. The first-order valence-electron chi connectivity index (χ1n) is 5.03. The molecule has 1 unspecified atom stereocenters. The number of hydrogen-bond donors (Lipinski definition) is 1. The molecule has 1 N–H and O–H groups in total. The van der Waals surface area contributed by atoms with Crippen LogP contribution in [0.5, 0.6) is 0 Å². The normalized spacial score (nSPS) is 13.0. The van der Waals surface area contributed by atoms with Crippen molar-refractivity contribution in [3.8, 4) is 0 Å². The predicted molar refractivity (Wildman–Crippen MR) is 53.6 cm³/mol. The van der Waals surface area contributed by atoms with Crippen molar-refractivity contribution >= 4 is 5.97 Å². The van der Waals surface area contributed by atoms with E-state index in [1.54, 1.807) is 0 Å². The van der Waals surface area contributed by atoms with Gasteiger partial charge in [0.2, 0.25) is 0 Å². The molecule has 0 aromatic carbocycles. The van der Waals surface area contributed by atoms with Crippen LogP contribution in [-0.2, 0) is 9.53 Å². The standard InChI is InChI=1S/C10H21NO2/c1-5-7-11-9(8(3)4)10(12)13-6-2/h8-9,11H,5-7H2,1-4H3. The number of carbonyl (C=O) groups excluding carboxylic acids is 1. The molecule has 3 nitrogen and oxygen atoms in total. The van der Waals surface area contributed by atoms with E-state index in [2.05, 4.69) is 12.2 Å². The number of rotatable bonds is 6. The molecule has 0 aromatic heterocycles. The Morgan fingerprint density at radius 2 is 2.00 bits per heavy atom. The van der Waals surface area contributed by atoms with Crippen LogP contribution < -0.4 is 5.32 Å². The van der Waals surface area contributed by atoms with Crippen LogP contribution in [0.1, 0.15) is 34.1 Å². The molecule has 0 saturated heterocycles. The van der Waals surface area contributed by atoms with Gasteiger partial charge in [-0.1, -0.05) is 20.8 Å². The lowest BCUT2D eigenvalue weighted by molar-refractivity contribution is -0.146. The molecule has 0 amide bonds. The molecule has 0 radical (unpaired) electrons. The van der Waals surface area contributed by atoms with Crippen LogP contribution in [0.4, 0.5) is 0 Å². The minimum atomic E-state index is -0.153. The van der Waals surface area contributed by atoms with Crippen LogP contribution in [0.25, 0.3) is 0 Å². The number of esters is 1. The molecule has 0 saturated carbocycles. The molecule has 0 aliphatic rings. The molecule has 13 heavy (non-hydrogen) atoms. The largest absolute Gasteiger partial charge is 0.465 e. The zero-order valence-corrected chi connectivity index (χ0v) is 9.09. The first-order chi connectivity index (χ1) is 6.13. The van der Waals surface area contributed by atoms with E-state index in [-0.39, 0.29) is 17.9 Å². The van der Waals surface area contributed by atoms with Gasteiger partial charge < -0.3 is 10.1 Å². The molecule has 0 aliphatic heterocycles. The maximum absolute atomic E-state index is 11.4. The van der Waals surface area contributed by atoms with Crippen molar-refractivity contribution in [2.24, 2.45) is 5.92 Å². The lowest BCUT2D eigenvalue weighted by atomic mass is 10.0. The molecule has 0 bridgehead atoms. The second kappa shape index (κ2) is 6.89. The second-order valence-corrected chi connectivity index (χ2v) is 3.43. The van der Waals surface area contributed by atoms with Crippen molar-refractivity contribution in [2.45, 2.75) is 40.2 Å². The SMILES string of the molecule is CCCNC(C(=O)OCC)C(C)C. The van der Waals surface area contributed by atoms with Crippen LogP contribution in [0.15, 0.2) is 0 Å².